The second kappa shape index (κ2) is 8.07. The standard InChI is InChI=1S/C22H28N4OS/c1-15-12-13-16(2)26(15)20-14-19(17(3)25-28(27)22(4,5)6)21(24-23-20)18-10-8-7-9-11-18/h7-14,17,25H,1-6H3/t17-,28+/m0/s1. The number of aryl methyl sites for hydroxylation is 2. The number of rotatable bonds is 5. The molecule has 148 valence electrons. The first-order valence-electron chi connectivity index (χ1n) is 9.45. The van der Waals surface area contributed by atoms with E-state index in [1.807, 2.05) is 64.1 Å². The van der Waals surface area contributed by atoms with E-state index in [1.165, 1.54) is 0 Å². The van der Waals surface area contributed by atoms with E-state index in [-0.39, 0.29) is 10.8 Å². The van der Waals surface area contributed by atoms with E-state index < -0.39 is 11.4 Å². The van der Waals surface area contributed by atoms with Crippen LogP contribution < -0.4 is 4.72 Å². The predicted molar refractivity (Wildman–Crippen MR) is 116 cm³/mol. The van der Waals surface area contributed by atoms with Crippen LogP contribution in [-0.4, -0.2) is 24.1 Å². The molecule has 0 fully saturated rings. The van der Waals surface area contributed by atoms with Gasteiger partial charge in [-0.1, -0.05) is 30.3 Å². The number of aromatic nitrogens is 3. The molecule has 5 nitrogen and oxygen atoms in total. The topological polar surface area (TPSA) is 65.8 Å². The molecule has 3 aromatic rings. The average Bonchev–Trinajstić information content (AvgIpc) is 2.99. The monoisotopic (exact) mass is 396 g/mol. The minimum Gasteiger partial charge on any atom is -0.598 e. The molecule has 6 heteroatoms. The minimum atomic E-state index is -1.19. The molecule has 2 heterocycles. The summed E-state index contributed by atoms with van der Waals surface area (Å²) in [6.07, 6.45) is 0. The van der Waals surface area contributed by atoms with Crippen LogP contribution in [0.15, 0.2) is 48.5 Å². The molecule has 2 atom stereocenters. The molecule has 0 bridgehead atoms. The van der Waals surface area contributed by atoms with Crippen LogP contribution in [-0.2, 0) is 11.4 Å². The van der Waals surface area contributed by atoms with Gasteiger partial charge in [0.1, 0.15) is 4.75 Å². The van der Waals surface area contributed by atoms with E-state index in [1.54, 1.807) is 0 Å². The fourth-order valence-corrected chi connectivity index (χ4v) is 3.89. The number of benzene rings is 1. The molecule has 0 radical (unpaired) electrons. The van der Waals surface area contributed by atoms with Gasteiger partial charge in [0.2, 0.25) is 0 Å². The lowest BCUT2D eigenvalue weighted by Crippen LogP contribution is -2.40. The molecule has 0 amide bonds. The third-order valence-electron chi connectivity index (χ3n) is 4.66. The molecule has 2 aromatic heterocycles. The number of hydrogen-bond acceptors (Lipinski definition) is 4. The van der Waals surface area contributed by atoms with Gasteiger partial charge in [-0.3, -0.25) is 0 Å². The lowest BCUT2D eigenvalue weighted by Gasteiger charge is -2.27. The summed E-state index contributed by atoms with van der Waals surface area (Å²) in [5, 5.41) is 9.07. The van der Waals surface area contributed by atoms with Crippen molar-refractivity contribution >= 4 is 11.4 Å². The van der Waals surface area contributed by atoms with Gasteiger partial charge in [0.05, 0.1) is 11.7 Å². The van der Waals surface area contributed by atoms with E-state index >= 15 is 0 Å². The minimum absolute atomic E-state index is 0.152. The van der Waals surface area contributed by atoms with Gasteiger partial charge in [-0.15, -0.1) is 14.9 Å². The van der Waals surface area contributed by atoms with Gasteiger partial charge in [-0.2, -0.15) is 0 Å². The largest absolute Gasteiger partial charge is 0.598 e. The molecule has 1 N–H and O–H groups in total. The Morgan fingerprint density at radius 3 is 2.18 bits per heavy atom. The summed E-state index contributed by atoms with van der Waals surface area (Å²) in [7, 11) is 0. The van der Waals surface area contributed by atoms with Crippen LogP contribution in [0.1, 0.15) is 50.7 Å². The van der Waals surface area contributed by atoms with Gasteiger partial charge in [0.15, 0.2) is 5.82 Å². The Hall–Kier alpha value is -2.15. The van der Waals surface area contributed by atoms with Crippen molar-refractivity contribution in [2.45, 2.75) is 52.3 Å². The van der Waals surface area contributed by atoms with Crippen molar-refractivity contribution < 1.29 is 4.55 Å². The first-order chi connectivity index (χ1) is 13.2. The lowest BCUT2D eigenvalue weighted by atomic mass is 10.0. The van der Waals surface area contributed by atoms with Gasteiger partial charge < -0.3 is 9.12 Å². The summed E-state index contributed by atoms with van der Waals surface area (Å²) in [6.45, 7) is 12.0. The van der Waals surface area contributed by atoms with Crippen molar-refractivity contribution in [2.24, 2.45) is 0 Å². The maximum Gasteiger partial charge on any atom is 0.160 e. The molecule has 0 aliphatic rings. The molecule has 0 saturated carbocycles. The zero-order valence-electron chi connectivity index (χ0n) is 17.4. The second-order valence-electron chi connectivity index (χ2n) is 8.04. The summed E-state index contributed by atoms with van der Waals surface area (Å²) in [5.74, 6) is 0.768. The van der Waals surface area contributed by atoms with Gasteiger partial charge in [0.25, 0.3) is 0 Å². The van der Waals surface area contributed by atoms with Crippen molar-refractivity contribution in [1.82, 2.24) is 19.5 Å². The van der Waals surface area contributed by atoms with Crippen LogP contribution in [0, 0.1) is 13.8 Å². The normalized spacial score (nSPS) is 14.1. The highest BCUT2D eigenvalue weighted by molar-refractivity contribution is 7.90. The van der Waals surface area contributed by atoms with Crippen LogP contribution in [0.5, 0.6) is 0 Å². The molecule has 3 rings (SSSR count). The Morgan fingerprint density at radius 2 is 1.61 bits per heavy atom. The van der Waals surface area contributed by atoms with Crippen LogP contribution in [0.4, 0.5) is 0 Å². The van der Waals surface area contributed by atoms with Crippen LogP contribution in [0.25, 0.3) is 17.1 Å². The Kier molecular flexibility index (Phi) is 5.93. The van der Waals surface area contributed by atoms with E-state index in [0.717, 1.165) is 34.0 Å². The molecule has 0 saturated heterocycles. The SMILES string of the molecule is Cc1ccc(C)n1-c1cc([C@H](C)N[S@+]([O-])C(C)(C)C)c(-c2ccccc2)nn1. The molecule has 28 heavy (non-hydrogen) atoms. The van der Waals surface area contributed by atoms with E-state index in [9.17, 15) is 4.55 Å². The first-order valence-corrected chi connectivity index (χ1v) is 10.6. The fourth-order valence-electron chi connectivity index (χ4n) is 3.09. The maximum absolute atomic E-state index is 12.7. The van der Waals surface area contributed by atoms with Crippen molar-refractivity contribution in [1.29, 1.82) is 0 Å². The molecule has 1 aromatic carbocycles. The highest BCUT2D eigenvalue weighted by atomic mass is 32.2. The average molecular weight is 397 g/mol. The van der Waals surface area contributed by atoms with E-state index in [2.05, 4.69) is 45.5 Å². The molecule has 0 unspecified atom stereocenters. The van der Waals surface area contributed by atoms with Crippen molar-refractivity contribution in [3.63, 3.8) is 0 Å². The van der Waals surface area contributed by atoms with Crippen LogP contribution in [0.2, 0.25) is 0 Å². The third-order valence-corrected chi connectivity index (χ3v) is 6.34. The van der Waals surface area contributed by atoms with Gasteiger partial charge in [-0.05, 0) is 59.7 Å². The number of hydrogen-bond donors (Lipinski definition) is 1. The molecular weight excluding hydrogens is 368 g/mol. The van der Waals surface area contributed by atoms with Crippen LogP contribution in [0.3, 0.4) is 0 Å². The van der Waals surface area contributed by atoms with Gasteiger partial charge >= 0.3 is 0 Å². The lowest BCUT2D eigenvalue weighted by molar-refractivity contribution is 0.531. The summed E-state index contributed by atoms with van der Waals surface area (Å²) >= 11 is -1.19. The number of nitrogens with one attached hydrogen (secondary N) is 1. The summed E-state index contributed by atoms with van der Waals surface area (Å²) in [4.78, 5) is 0. The van der Waals surface area contributed by atoms with Crippen molar-refractivity contribution in [2.75, 3.05) is 0 Å². The quantitative estimate of drug-likeness (QED) is 0.637. The molecule has 0 spiro atoms. The third kappa shape index (κ3) is 4.29. The Balaban J connectivity index is 2.09. The zero-order valence-corrected chi connectivity index (χ0v) is 18.2. The summed E-state index contributed by atoms with van der Waals surface area (Å²) < 4.78 is 17.7. The molecule has 0 aliphatic carbocycles. The molecule has 0 aliphatic heterocycles. The van der Waals surface area contributed by atoms with Crippen molar-refractivity contribution in [3.05, 3.63) is 65.5 Å². The fraction of sp³-hybridized carbons (Fsp3) is 0.364. The van der Waals surface area contributed by atoms with Crippen LogP contribution >= 0.6 is 0 Å². The highest BCUT2D eigenvalue weighted by Gasteiger charge is 2.29. The van der Waals surface area contributed by atoms with E-state index in [4.69, 9.17) is 0 Å². The Labute approximate surface area is 170 Å². The first kappa shape index (κ1) is 20.6. The highest BCUT2D eigenvalue weighted by Crippen LogP contribution is 2.29. The number of nitrogens with zero attached hydrogens (tertiary/aromatic N) is 3. The van der Waals surface area contributed by atoms with Gasteiger partial charge in [0, 0.05) is 33.9 Å². The molecular formula is C22H28N4OS. The summed E-state index contributed by atoms with van der Waals surface area (Å²) in [5.41, 5.74) is 4.97. The van der Waals surface area contributed by atoms with Gasteiger partial charge in [-0.25, -0.2) is 0 Å². The smallest absolute Gasteiger partial charge is 0.160 e. The Bertz CT molecular complexity index is 927. The zero-order chi connectivity index (χ0) is 20.5. The van der Waals surface area contributed by atoms with E-state index in [0.29, 0.717) is 0 Å². The second-order valence-corrected chi connectivity index (χ2v) is 10.0. The van der Waals surface area contributed by atoms with Crippen molar-refractivity contribution in [3.8, 4) is 17.1 Å². The predicted octanol–water partition coefficient (Wildman–Crippen LogP) is 4.66. The maximum atomic E-state index is 12.7. The Morgan fingerprint density at radius 1 is 1.00 bits per heavy atom. The summed E-state index contributed by atoms with van der Waals surface area (Å²) in [6, 6.07) is 16.0.